The van der Waals surface area contributed by atoms with E-state index in [1.54, 1.807) is 11.3 Å². The summed E-state index contributed by atoms with van der Waals surface area (Å²) in [4.78, 5) is 8.57. The Labute approximate surface area is 123 Å². The van der Waals surface area contributed by atoms with E-state index in [0.717, 1.165) is 18.1 Å². The first-order valence-electron chi connectivity index (χ1n) is 6.77. The zero-order valence-corrected chi connectivity index (χ0v) is 13.8. The second-order valence-corrected chi connectivity index (χ2v) is 7.92. The minimum atomic E-state index is 0.228. The van der Waals surface area contributed by atoms with Gasteiger partial charge in [-0.3, -0.25) is 0 Å². The third-order valence-electron chi connectivity index (χ3n) is 2.84. The Morgan fingerprint density at radius 2 is 2.00 bits per heavy atom. The van der Waals surface area contributed by atoms with Crippen molar-refractivity contribution in [2.75, 3.05) is 6.54 Å². The van der Waals surface area contributed by atoms with Crippen molar-refractivity contribution in [1.29, 1.82) is 0 Å². The standard InChI is InChI=1S/C15H22N2S2/c1-5-8-16-9-11-10-17-14(18-11)12-6-7-13(19-12)15(2,3)4/h6-7,10,16H,5,8-9H2,1-4H3. The molecule has 0 saturated carbocycles. The van der Waals surface area contributed by atoms with E-state index in [2.05, 4.69) is 50.1 Å². The normalized spacial score (nSPS) is 12.0. The zero-order valence-electron chi connectivity index (χ0n) is 12.1. The minimum absolute atomic E-state index is 0.228. The first-order valence-corrected chi connectivity index (χ1v) is 8.40. The van der Waals surface area contributed by atoms with Crippen molar-refractivity contribution in [3.63, 3.8) is 0 Å². The fourth-order valence-corrected chi connectivity index (χ4v) is 3.75. The fourth-order valence-electron chi connectivity index (χ4n) is 1.75. The van der Waals surface area contributed by atoms with Crippen LogP contribution in [0.4, 0.5) is 0 Å². The summed E-state index contributed by atoms with van der Waals surface area (Å²) in [6.07, 6.45) is 3.17. The van der Waals surface area contributed by atoms with E-state index in [-0.39, 0.29) is 5.41 Å². The lowest BCUT2D eigenvalue weighted by Crippen LogP contribution is -2.12. The third kappa shape index (κ3) is 3.88. The molecule has 0 spiro atoms. The molecule has 2 aromatic heterocycles. The number of thiazole rings is 1. The van der Waals surface area contributed by atoms with Crippen molar-refractivity contribution in [3.05, 3.63) is 28.1 Å². The Hall–Kier alpha value is -0.710. The molecular formula is C15H22N2S2. The van der Waals surface area contributed by atoms with Crippen LogP contribution in [0.25, 0.3) is 9.88 Å². The SMILES string of the molecule is CCCNCc1cnc(-c2ccc(C(C)(C)C)s2)s1. The number of nitrogens with zero attached hydrogens (tertiary/aromatic N) is 1. The fraction of sp³-hybridized carbons (Fsp3) is 0.533. The Morgan fingerprint density at radius 1 is 1.21 bits per heavy atom. The van der Waals surface area contributed by atoms with Gasteiger partial charge in [-0.25, -0.2) is 4.98 Å². The van der Waals surface area contributed by atoms with Gasteiger partial charge in [-0.2, -0.15) is 0 Å². The molecule has 0 aliphatic carbocycles. The number of hydrogen-bond acceptors (Lipinski definition) is 4. The van der Waals surface area contributed by atoms with Gasteiger partial charge in [0.25, 0.3) is 0 Å². The van der Waals surface area contributed by atoms with Gasteiger partial charge in [0.2, 0.25) is 0 Å². The molecule has 2 rings (SSSR count). The molecule has 0 aliphatic rings. The van der Waals surface area contributed by atoms with Crippen molar-refractivity contribution < 1.29 is 0 Å². The molecule has 1 N–H and O–H groups in total. The minimum Gasteiger partial charge on any atom is -0.312 e. The van der Waals surface area contributed by atoms with Gasteiger partial charge in [-0.15, -0.1) is 22.7 Å². The maximum Gasteiger partial charge on any atom is 0.133 e. The highest BCUT2D eigenvalue weighted by Gasteiger charge is 2.17. The monoisotopic (exact) mass is 294 g/mol. The van der Waals surface area contributed by atoms with E-state index in [1.807, 2.05) is 17.5 Å². The molecule has 0 aromatic carbocycles. The number of thiophene rings is 1. The van der Waals surface area contributed by atoms with E-state index in [0.29, 0.717) is 0 Å². The Bertz CT molecular complexity index is 520. The molecule has 2 heterocycles. The summed E-state index contributed by atoms with van der Waals surface area (Å²) in [5, 5.41) is 4.57. The van der Waals surface area contributed by atoms with Gasteiger partial charge in [-0.05, 0) is 30.5 Å². The molecule has 0 atom stereocenters. The molecule has 0 fully saturated rings. The Morgan fingerprint density at radius 3 is 2.63 bits per heavy atom. The lowest BCUT2D eigenvalue weighted by Gasteiger charge is -2.15. The third-order valence-corrected chi connectivity index (χ3v) is 5.51. The molecule has 104 valence electrons. The first-order chi connectivity index (χ1) is 9.00. The summed E-state index contributed by atoms with van der Waals surface area (Å²) >= 11 is 3.66. The average molecular weight is 294 g/mol. The van der Waals surface area contributed by atoms with Crippen molar-refractivity contribution >= 4 is 22.7 Å². The summed E-state index contributed by atoms with van der Waals surface area (Å²) < 4.78 is 0. The van der Waals surface area contributed by atoms with E-state index in [1.165, 1.54) is 21.1 Å². The number of hydrogen-bond donors (Lipinski definition) is 1. The summed E-state index contributed by atoms with van der Waals surface area (Å²) in [6, 6.07) is 4.43. The van der Waals surface area contributed by atoms with Crippen LogP contribution in [-0.2, 0) is 12.0 Å². The Kier molecular flexibility index (Phi) is 4.76. The van der Waals surface area contributed by atoms with E-state index >= 15 is 0 Å². The van der Waals surface area contributed by atoms with Crippen LogP contribution >= 0.6 is 22.7 Å². The Balaban J connectivity index is 2.08. The molecule has 0 amide bonds. The maximum atomic E-state index is 4.55. The first kappa shape index (κ1) is 14.7. The molecule has 0 radical (unpaired) electrons. The lowest BCUT2D eigenvalue weighted by atomic mass is 9.95. The van der Waals surface area contributed by atoms with Gasteiger partial charge >= 0.3 is 0 Å². The van der Waals surface area contributed by atoms with Gasteiger partial charge in [0.1, 0.15) is 5.01 Å². The van der Waals surface area contributed by atoms with Crippen LogP contribution in [0.3, 0.4) is 0 Å². The predicted molar refractivity (Wildman–Crippen MR) is 86.1 cm³/mol. The molecule has 0 bridgehead atoms. The zero-order chi connectivity index (χ0) is 13.9. The topological polar surface area (TPSA) is 24.9 Å². The van der Waals surface area contributed by atoms with E-state index in [9.17, 15) is 0 Å². The van der Waals surface area contributed by atoms with E-state index in [4.69, 9.17) is 0 Å². The quantitative estimate of drug-likeness (QED) is 0.811. The van der Waals surface area contributed by atoms with Crippen molar-refractivity contribution in [2.24, 2.45) is 0 Å². The summed E-state index contributed by atoms with van der Waals surface area (Å²) in [5.74, 6) is 0. The smallest absolute Gasteiger partial charge is 0.133 e. The van der Waals surface area contributed by atoms with Gasteiger partial charge < -0.3 is 5.32 Å². The number of aromatic nitrogens is 1. The van der Waals surface area contributed by atoms with E-state index < -0.39 is 0 Å². The van der Waals surface area contributed by atoms with Gasteiger partial charge in [-0.1, -0.05) is 27.7 Å². The molecule has 4 heteroatoms. The van der Waals surface area contributed by atoms with Gasteiger partial charge in [0.15, 0.2) is 0 Å². The highest BCUT2D eigenvalue weighted by Crippen LogP contribution is 2.36. The van der Waals surface area contributed by atoms with Crippen molar-refractivity contribution in [2.45, 2.75) is 46.1 Å². The van der Waals surface area contributed by atoms with Crippen LogP contribution in [0, 0.1) is 0 Å². The van der Waals surface area contributed by atoms with Crippen molar-refractivity contribution in [3.8, 4) is 9.88 Å². The molecule has 2 nitrogen and oxygen atoms in total. The summed E-state index contributed by atoms with van der Waals surface area (Å²) in [5.41, 5.74) is 0.228. The summed E-state index contributed by atoms with van der Waals surface area (Å²) in [6.45, 7) is 11.0. The molecule has 0 aliphatic heterocycles. The predicted octanol–water partition coefficient (Wildman–Crippen LogP) is 4.67. The van der Waals surface area contributed by atoms with Gasteiger partial charge in [0, 0.05) is 22.5 Å². The van der Waals surface area contributed by atoms with Crippen LogP contribution in [0.1, 0.15) is 43.9 Å². The van der Waals surface area contributed by atoms with Crippen LogP contribution in [0.5, 0.6) is 0 Å². The molecule has 0 unspecified atom stereocenters. The maximum absolute atomic E-state index is 4.55. The van der Waals surface area contributed by atoms with Crippen LogP contribution in [0.2, 0.25) is 0 Å². The second kappa shape index (κ2) is 6.16. The lowest BCUT2D eigenvalue weighted by molar-refractivity contribution is 0.604. The van der Waals surface area contributed by atoms with Gasteiger partial charge in [0.05, 0.1) is 4.88 Å². The van der Waals surface area contributed by atoms with Crippen LogP contribution in [-0.4, -0.2) is 11.5 Å². The molecule has 2 aromatic rings. The highest BCUT2D eigenvalue weighted by atomic mass is 32.1. The largest absolute Gasteiger partial charge is 0.312 e. The second-order valence-electron chi connectivity index (χ2n) is 5.72. The summed E-state index contributed by atoms with van der Waals surface area (Å²) in [7, 11) is 0. The molecular weight excluding hydrogens is 272 g/mol. The highest BCUT2D eigenvalue weighted by molar-refractivity contribution is 7.21. The van der Waals surface area contributed by atoms with Crippen molar-refractivity contribution in [1.82, 2.24) is 10.3 Å². The van der Waals surface area contributed by atoms with Crippen LogP contribution < -0.4 is 5.32 Å². The molecule has 0 saturated heterocycles. The average Bonchev–Trinajstić information content (AvgIpc) is 2.96. The molecule has 19 heavy (non-hydrogen) atoms. The van der Waals surface area contributed by atoms with Crippen LogP contribution in [0.15, 0.2) is 18.3 Å². The number of rotatable bonds is 5. The number of nitrogens with one attached hydrogen (secondary N) is 1.